The van der Waals surface area contributed by atoms with Crippen molar-refractivity contribution in [1.82, 2.24) is 29.6 Å². The Kier molecular flexibility index (Phi) is 4.53. The molecule has 0 amide bonds. The summed E-state index contributed by atoms with van der Waals surface area (Å²) in [7, 11) is 0. The van der Waals surface area contributed by atoms with Crippen LogP contribution < -0.4 is 5.32 Å². The summed E-state index contributed by atoms with van der Waals surface area (Å²) in [5.41, 5.74) is 1.36. The van der Waals surface area contributed by atoms with E-state index in [0.717, 1.165) is 24.3 Å². The van der Waals surface area contributed by atoms with Gasteiger partial charge in [0.2, 0.25) is 0 Å². The maximum atomic E-state index is 13.2. The van der Waals surface area contributed by atoms with Crippen LogP contribution in [0.4, 0.5) is 16.0 Å². The van der Waals surface area contributed by atoms with Crippen LogP contribution in [-0.4, -0.2) is 29.6 Å². The van der Waals surface area contributed by atoms with Crippen LogP contribution in [0.3, 0.4) is 0 Å². The standard InChI is InChI=1S/C19H20FN7/c1-13(2)9-11-26-12-10-17(24-26)21-16-7-8-18-22-23-19(27(18)25-16)14-3-5-15(20)6-4-14/h3-8,10,12-13H,9,11H2,1-2H3,(H,21,24,25). The lowest BCUT2D eigenvalue weighted by Crippen LogP contribution is -2.04. The van der Waals surface area contributed by atoms with E-state index in [1.165, 1.54) is 12.1 Å². The fourth-order valence-electron chi connectivity index (χ4n) is 2.71. The highest BCUT2D eigenvalue weighted by molar-refractivity contribution is 5.60. The first-order valence-corrected chi connectivity index (χ1v) is 8.87. The van der Waals surface area contributed by atoms with Crippen molar-refractivity contribution in [2.24, 2.45) is 5.92 Å². The molecule has 4 rings (SSSR count). The normalized spacial score (nSPS) is 11.4. The number of aryl methyl sites for hydroxylation is 1. The van der Waals surface area contributed by atoms with Crippen LogP contribution >= 0.6 is 0 Å². The molecule has 4 aromatic rings. The number of benzene rings is 1. The van der Waals surface area contributed by atoms with Gasteiger partial charge in [-0.2, -0.15) is 9.61 Å². The fraction of sp³-hybridized carbons (Fsp3) is 0.263. The lowest BCUT2D eigenvalue weighted by atomic mass is 10.1. The van der Waals surface area contributed by atoms with E-state index >= 15 is 0 Å². The number of hydrogen-bond acceptors (Lipinski definition) is 5. The van der Waals surface area contributed by atoms with Gasteiger partial charge in [0.05, 0.1) is 0 Å². The van der Waals surface area contributed by atoms with Gasteiger partial charge in [-0.25, -0.2) is 4.39 Å². The van der Waals surface area contributed by atoms with Gasteiger partial charge < -0.3 is 5.32 Å². The van der Waals surface area contributed by atoms with Gasteiger partial charge >= 0.3 is 0 Å². The third-order valence-corrected chi connectivity index (χ3v) is 4.20. The number of aromatic nitrogens is 6. The van der Waals surface area contributed by atoms with Crippen molar-refractivity contribution in [3.05, 3.63) is 54.5 Å². The maximum absolute atomic E-state index is 13.2. The molecule has 0 saturated heterocycles. The molecule has 0 fully saturated rings. The van der Waals surface area contributed by atoms with E-state index in [4.69, 9.17) is 0 Å². The number of hydrogen-bond donors (Lipinski definition) is 1. The molecule has 27 heavy (non-hydrogen) atoms. The largest absolute Gasteiger partial charge is 0.322 e. The quantitative estimate of drug-likeness (QED) is 0.561. The summed E-state index contributed by atoms with van der Waals surface area (Å²) in [4.78, 5) is 0. The van der Waals surface area contributed by atoms with Crippen LogP contribution in [-0.2, 0) is 6.54 Å². The number of rotatable bonds is 6. The first-order chi connectivity index (χ1) is 13.1. The number of nitrogens with one attached hydrogen (secondary N) is 1. The molecule has 0 saturated carbocycles. The molecule has 0 aliphatic rings. The molecule has 1 N–H and O–H groups in total. The van der Waals surface area contributed by atoms with Crippen molar-refractivity contribution in [2.45, 2.75) is 26.8 Å². The zero-order valence-electron chi connectivity index (χ0n) is 15.2. The van der Waals surface area contributed by atoms with Crippen molar-refractivity contribution >= 4 is 17.3 Å². The van der Waals surface area contributed by atoms with Gasteiger partial charge in [0, 0.05) is 24.4 Å². The van der Waals surface area contributed by atoms with Crippen molar-refractivity contribution in [2.75, 3.05) is 5.32 Å². The van der Waals surface area contributed by atoms with Crippen LogP contribution in [0.1, 0.15) is 20.3 Å². The third kappa shape index (κ3) is 3.79. The zero-order valence-corrected chi connectivity index (χ0v) is 15.2. The molecule has 0 unspecified atom stereocenters. The molecule has 0 atom stereocenters. The lowest BCUT2D eigenvalue weighted by molar-refractivity contribution is 0.488. The summed E-state index contributed by atoms with van der Waals surface area (Å²) >= 11 is 0. The molecule has 1 aromatic carbocycles. The average molecular weight is 365 g/mol. The lowest BCUT2D eigenvalue weighted by Gasteiger charge is -2.05. The third-order valence-electron chi connectivity index (χ3n) is 4.20. The van der Waals surface area contributed by atoms with E-state index in [1.54, 1.807) is 16.6 Å². The Hall–Kier alpha value is -3.29. The van der Waals surface area contributed by atoms with Crippen molar-refractivity contribution in [3.63, 3.8) is 0 Å². The predicted molar refractivity (Wildman–Crippen MR) is 101 cm³/mol. The van der Waals surface area contributed by atoms with Gasteiger partial charge in [0.15, 0.2) is 23.1 Å². The van der Waals surface area contributed by atoms with E-state index in [2.05, 4.69) is 39.6 Å². The molecule has 8 heteroatoms. The zero-order chi connectivity index (χ0) is 18.8. The summed E-state index contributed by atoms with van der Waals surface area (Å²) in [6.45, 7) is 5.27. The average Bonchev–Trinajstić information content (AvgIpc) is 3.27. The first kappa shape index (κ1) is 17.1. The number of anilines is 2. The monoisotopic (exact) mass is 365 g/mol. The van der Waals surface area contributed by atoms with Gasteiger partial charge in [-0.05, 0) is 48.7 Å². The second-order valence-corrected chi connectivity index (χ2v) is 6.79. The Morgan fingerprint density at radius 2 is 1.74 bits per heavy atom. The fourth-order valence-corrected chi connectivity index (χ4v) is 2.71. The highest BCUT2D eigenvalue weighted by Crippen LogP contribution is 2.20. The molecule has 7 nitrogen and oxygen atoms in total. The van der Waals surface area contributed by atoms with Crippen molar-refractivity contribution in [1.29, 1.82) is 0 Å². The highest BCUT2D eigenvalue weighted by Gasteiger charge is 2.11. The van der Waals surface area contributed by atoms with Crippen LogP contribution in [0.15, 0.2) is 48.7 Å². The van der Waals surface area contributed by atoms with Crippen LogP contribution in [0.2, 0.25) is 0 Å². The van der Waals surface area contributed by atoms with Gasteiger partial charge in [-0.15, -0.1) is 15.3 Å². The van der Waals surface area contributed by atoms with Gasteiger partial charge in [-0.1, -0.05) is 13.8 Å². The molecular formula is C19H20FN7. The van der Waals surface area contributed by atoms with Gasteiger partial charge in [-0.3, -0.25) is 4.68 Å². The Morgan fingerprint density at radius 1 is 0.963 bits per heavy atom. The van der Waals surface area contributed by atoms with Gasteiger partial charge in [0.25, 0.3) is 0 Å². The minimum Gasteiger partial charge on any atom is -0.322 e. The Labute approximate surface area is 155 Å². The first-order valence-electron chi connectivity index (χ1n) is 8.87. The van der Waals surface area contributed by atoms with E-state index in [0.29, 0.717) is 23.2 Å². The second kappa shape index (κ2) is 7.14. The van der Waals surface area contributed by atoms with Gasteiger partial charge in [0.1, 0.15) is 5.82 Å². The minimum atomic E-state index is -0.295. The van der Waals surface area contributed by atoms with E-state index in [9.17, 15) is 4.39 Å². The Morgan fingerprint density at radius 3 is 2.52 bits per heavy atom. The molecule has 0 radical (unpaired) electrons. The van der Waals surface area contributed by atoms with Crippen molar-refractivity contribution < 1.29 is 4.39 Å². The van der Waals surface area contributed by atoms with Crippen LogP contribution in [0.25, 0.3) is 17.0 Å². The van der Waals surface area contributed by atoms with E-state index in [-0.39, 0.29) is 5.82 Å². The smallest absolute Gasteiger partial charge is 0.185 e. The molecule has 3 aromatic heterocycles. The highest BCUT2D eigenvalue weighted by atomic mass is 19.1. The molecule has 3 heterocycles. The summed E-state index contributed by atoms with van der Waals surface area (Å²) in [5.74, 6) is 2.24. The Bertz CT molecular complexity index is 1050. The number of fused-ring (bicyclic) bond motifs is 1. The summed E-state index contributed by atoms with van der Waals surface area (Å²) in [5, 5.41) is 20.6. The minimum absolute atomic E-state index is 0.295. The topological polar surface area (TPSA) is 72.9 Å². The molecule has 0 bridgehead atoms. The molecule has 0 aliphatic carbocycles. The maximum Gasteiger partial charge on any atom is 0.185 e. The number of nitrogens with zero attached hydrogens (tertiary/aromatic N) is 6. The summed E-state index contributed by atoms with van der Waals surface area (Å²) < 4.78 is 16.7. The van der Waals surface area contributed by atoms with E-state index < -0.39 is 0 Å². The molecule has 0 spiro atoms. The second-order valence-electron chi connectivity index (χ2n) is 6.79. The molecule has 0 aliphatic heterocycles. The van der Waals surface area contributed by atoms with E-state index in [1.807, 2.05) is 29.1 Å². The molecular weight excluding hydrogens is 345 g/mol. The summed E-state index contributed by atoms with van der Waals surface area (Å²) in [6, 6.07) is 11.7. The summed E-state index contributed by atoms with van der Waals surface area (Å²) in [6.07, 6.45) is 3.03. The van der Waals surface area contributed by atoms with Crippen molar-refractivity contribution in [3.8, 4) is 11.4 Å². The molecule has 138 valence electrons. The van der Waals surface area contributed by atoms with Crippen LogP contribution in [0, 0.1) is 11.7 Å². The predicted octanol–water partition coefficient (Wildman–Crippen LogP) is 3.92. The SMILES string of the molecule is CC(C)CCn1ccc(Nc2ccc3nnc(-c4ccc(F)cc4)n3n2)n1. The Balaban J connectivity index is 1.58. The number of halogens is 1. The van der Waals surface area contributed by atoms with Crippen LogP contribution in [0.5, 0.6) is 0 Å².